The third-order valence-corrected chi connectivity index (χ3v) is 6.05. The maximum atomic E-state index is 5.57. The molecule has 9 heteroatoms. The maximum absolute atomic E-state index is 5.57. The Kier molecular flexibility index (Phi) is 14.0. The van der Waals surface area contributed by atoms with Gasteiger partial charge in [-0.15, -0.1) is 24.0 Å². The number of rotatable bonds is 11. The number of methoxy groups -OCH3 is 1. The summed E-state index contributed by atoms with van der Waals surface area (Å²) in [5.41, 5.74) is 1.26. The Morgan fingerprint density at radius 1 is 1.00 bits per heavy atom. The van der Waals surface area contributed by atoms with E-state index < -0.39 is 0 Å². The van der Waals surface area contributed by atoms with Crippen molar-refractivity contribution < 1.29 is 14.2 Å². The molecule has 2 fully saturated rings. The lowest BCUT2D eigenvalue weighted by molar-refractivity contribution is 0.0179. The van der Waals surface area contributed by atoms with Crippen LogP contribution in [0, 0.1) is 0 Å². The molecule has 33 heavy (non-hydrogen) atoms. The predicted molar refractivity (Wildman–Crippen MR) is 144 cm³/mol. The summed E-state index contributed by atoms with van der Waals surface area (Å²) in [6.45, 7) is 13.0. The molecule has 0 aromatic heterocycles. The first kappa shape index (κ1) is 28.1. The summed E-state index contributed by atoms with van der Waals surface area (Å²) in [5, 5.41) is 6.92. The molecule has 1 unspecified atom stereocenters. The molecule has 188 valence electrons. The second-order valence-corrected chi connectivity index (χ2v) is 8.24. The van der Waals surface area contributed by atoms with Crippen molar-refractivity contribution in [3.63, 3.8) is 0 Å². The topological polar surface area (TPSA) is 70.6 Å². The normalized spacial score (nSPS) is 18.9. The van der Waals surface area contributed by atoms with Gasteiger partial charge >= 0.3 is 0 Å². The number of nitrogens with one attached hydrogen (secondary N) is 2. The van der Waals surface area contributed by atoms with Crippen LogP contribution < -0.4 is 15.4 Å². The highest BCUT2D eigenvalue weighted by atomic mass is 127. The average Bonchev–Trinajstić information content (AvgIpc) is 2.85. The minimum absolute atomic E-state index is 0. The molecule has 2 heterocycles. The van der Waals surface area contributed by atoms with Gasteiger partial charge in [0, 0.05) is 39.3 Å². The van der Waals surface area contributed by atoms with Crippen LogP contribution in [0.5, 0.6) is 5.75 Å². The van der Waals surface area contributed by atoms with E-state index in [2.05, 4.69) is 39.5 Å². The Labute approximate surface area is 216 Å². The zero-order valence-corrected chi connectivity index (χ0v) is 22.6. The van der Waals surface area contributed by atoms with E-state index in [-0.39, 0.29) is 30.0 Å². The summed E-state index contributed by atoms with van der Waals surface area (Å²) < 4.78 is 16.3. The molecule has 8 nitrogen and oxygen atoms in total. The van der Waals surface area contributed by atoms with E-state index in [4.69, 9.17) is 19.2 Å². The third-order valence-electron chi connectivity index (χ3n) is 6.05. The second kappa shape index (κ2) is 16.5. The largest absolute Gasteiger partial charge is 0.497 e. The summed E-state index contributed by atoms with van der Waals surface area (Å²) in [7, 11) is 1.70. The Balaban J connectivity index is 0.00000385. The number of unbranched alkanes of at least 4 members (excludes halogenated alkanes) is 1. The van der Waals surface area contributed by atoms with E-state index in [0.29, 0.717) is 6.54 Å². The fourth-order valence-electron chi connectivity index (χ4n) is 4.16. The van der Waals surface area contributed by atoms with Gasteiger partial charge < -0.3 is 24.8 Å². The summed E-state index contributed by atoms with van der Waals surface area (Å²) >= 11 is 0. The molecule has 0 saturated carbocycles. The van der Waals surface area contributed by atoms with Gasteiger partial charge in [-0.3, -0.25) is 14.8 Å². The summed E-state index contributed by atoms with van der Waals surface area (Å²) in [6.07, 6.45) is 2.32. The molecular weight excluding hydrogens is 533 g/mol. The van der Waals surface area contributed by atoms with Gasteiger partial charge in [0.25, 0.3) is 0 Å². The van der Waals surface area contributed by atoms with Gasteiger partial charge in [0.2, 0.25) is 0 Å². The first-order valence-corrected chi connectivity index (χ1v) is 12.1. The standard InChI is InChI=1S/C24H41N5O3.HI/c1-3-25-24(26-10-4-5-11-28-12-16-31-17-13-28)27-20-23(29-14-18-32-19-15-29)21-6-8-22(30-2)9-7-21;/h6-9,23H,3-5,10-20H2,1-2H3,(H2,25,26,27);1H. The van der Waals surface area contributed by atoms with E-state index in [1.54, 1.807) is 7.11 Å². The van der Waals surface area contributed by atoms with Crippen LogP contribution >= 0.6 is 24.0 Å². The quantitative estimate of drug-likeness (QED) is 0.182. The van der Waals surface area contributed by atoms with Gasteiger partial charge in [-0.1, -0.05) is 12.1 Å². The Bertz CT molecular complexity index is 665. The molecule has 0 spiro atoms. The number of nitrogens with zero attached hydrogens (tertiary/aromatic N) is 3. The van der Waals surface area contributed by atoms with Crippen molar-refractivity contribution in [2.24, 2.45) is 4.99 Å². The van der Waals surface area contributed by atoms with Crippen LogP contribution in [0.15, 0.2) is 29.3 Å². The molecule has 2 aliphatic heterocycles. The monoisotopic (exact) mass is 575 g/mol. The van der Waals surface area contributed by atoms with Crippen molar-refractivity contribution in [2.75, 3.05) is 85.9 Å². The van der Waals surface area contributed by atoms with E-state index in [1.165, 1.54) is 12.0 Å². The molecule has 2 N–H and O–H groups in total. The number of halogens is 1. The lowest BCUT2D eigenvalue weighted by Gasteiger charge is -2.34. The van der Waals surface area contributed by atoms with E-state index in [0.717, 1.165) is 90.4 Å². The minimum Gasteiger partial charge on any atom is -0.497 e. The Morgan fingerprint density at radius 2 is 1.67 bits per heavy atom. The van der Waals surface area contributed by atoms with Crippen LogP contribution in [0.3, 0.4) is 0 Å². The number of benzene rings is 1. The van der Waals surface area contributed by atoms with E-state index in [9.17, 15) is 0 Å². The highest BCUT2D eigenvalue weighted by molar-refractivity contribution is 14.0. The Hall–Kier alpha value is -1.14. The molecule has 0 amide bonds. The lowest BCUT2D eigenvalue weighted by Crippen LogP contribution is -2.42. The van der Waals surface area contributed by atoms with Gasteiger partial charge in [-0.25, -0.2) is 0 Å². The van der Waals surface area contributed by atoms with Gasteiger partial charge in [-0.2, -0.15) is 0 Å². The molecule has 1 aromatic rings. The fourth-order valence-corrected chi connectivity index (χ4v) is 4.16. The molecule has 3 rings (SSSR count). The molecule has 0 bridgehead atoms. The second-order valence-electron chi connectivity index (χ2n) is 8.24. The van der Waals surface area contributed by atoms with Crippen LogP contribution in [0.1, 0.15) is 31.4 Å². The van der Waals surface area contributed by atoms with Crippen LogP contribution in [0.4, 0.5) is 0 Å². The number of aliphatic imine (C=N–C) groups is 1. The van der Waals surface area contributed by atoms with Gasteiger partial charge in [0.1, 0.15) is 5.75 Å². The lowest BCUT2D eigenvalue weighted by atomic mass is 10.0. The van der Waals surface area contributed by atoms with Crippen molar-refractivity contribution in [1.82, 2.24) is 20.4 Å². The molecular formula is C24H42IN5O3. The first-order chi connectivity index (χ1) is 15.8. The van der Waals surface area contributed by atoms with Gasteiger partial charge in [0.05, 0.1) is 46.1 Å². The van der Waals surface area contributed by atoms with Gasteiger partial charge in [-0.05, 0) is 44.0 Å². The predicted octanol–water partition coefficient (Wildman–Crippen LogP) is 2.35. The van der Waals surface area contributed by atoms with Crippen molar-refractivity contribution in [3.05, 3.63) is 29.8 Å². The van der Waals surface area contributed by atoms with E-state index in [1.807, 2.05) is 12.1 Å². The Morgan fingerprint density at radius 3 is 2.30 bits per heavy atom. The smallest absolute Gasteiger partial charge is 0.191 e. The number of ether oxygens (including phenoxy) is 3. The first-order valence-electron chi connectivity index (χ1n) is 12.1. The molecule has 1 atom stereocenters. The molecule has 2 saturated heterocycles. The van der Waals surface area contributed by atoms with Crippen molar-refractivity contribution >= 4 is 29.9 Å². The number of morpholine rings is 2. The van der Waals surface area contributed by atoms with E-state index >= 15 is 0 Å². The summed E-state index contributed by atoms with van der Waals surface area (Å²) in [6, 6.07) is 8.59. The maximum Gasteiger partial charge on any atom is 0.191 e. The average molecular weight is 576 g/mol. The molecule has 0 radical (unpaired) electrons. The summed E-state index contributed by atoms with van der Waals surface area (Å²) in [5.74, 6) is 1.77. The minimum atomic E-state index is 0. The zero-order chi connectivity index (χ0) is 22.4. The highest BCUT2D eigenvalue weighted by Crippen LogP contribution is 2.24. The SMILES string of the molecule is CCNC(=NCC(c1ccc(OC)cc1)N1CCOCC1)NCCCCN1CCOCC1.I. The fraction of sp³-hybridized carbons (Fsp3) is 0.708. The molecule has 0 aliphatic carbocycles. The van der Waals surface area contributed by atoms with Crippen molar-refractivity contribution in [2.45, 2.75) is 25.8 Å². The number of hydrogen-bond donors (Lipinski definition) is 2. The van der Waals surface area contributed by atoms with Gasteiger partial charge in [0.15, 0.2) is 5.96 Å². The van der Waals surface area contributed by atoms with Crippen molar-refractivity contribution in [1.29, 1.82) is 0 Å². The number of hydrogen-bond acceptors (Lipinski definition) is 6. The molecule has 2 aliphatic rings. The van der Waals surface area contributed by atoms with Crippen molar-refractivity contribution in [3.8, 4) is 5.75 Å². The van der Waals surface area contributed by atoms with Crippen LogP contribution in [-0.2, 0) is 9.47 Å². The third kappa shape index (κ3) is 9.94. The number of guanidine groups is 1. The van der Waals surface area contributed by atoms with Crippen LogP contribution in [-0.4, -0.2) is 102 Å². The highest BCUT2D eigenvalue weighted by Gasteiger charge is 2.22. The van der Waals surface area contributed by atoms with Crippen LogP contribution in [0.25, 0.3) is 0 Å². The molecule has 1 aromatic carbocycles. The summed E-state index contributed by atoms with van der Waals surface area (Å²) in [4.78, 5) is 9.91. The zero-order valence-electron chi connectivity index (χ0n) is 20.3. The van der Waals surface area contributed by atoms with Crippen LogP contribution in [0.2, 0.25) is 0 Å².